The summed E-state index contributed by atoms with van der Waals surface area (Å²) in [6.45, 7) is 0. The van der Waals surface area contributed by atoms with Crippen LogP contribution in [0.5, 0.6) is 0 Å². The zero-order valence-corrected chi connectivity index (χ0v) is 10.7. The van der Waals surface area contributed by atoms with Gasteiger partial charge < -0.3 is 15.2 Å². The van der Waals surface area contributed by atoms with Crippen LogP contribution in [-0.2, 0) is 12.8 Å². The van der Waals surface area contributed by atoms with E-state index in [4.69, 9.17) is 10.3 Å². The van der Waals surface area contributed by atoms with E-state index in [1.165, 1.54) is 0 Å². The molecule has 0 aliphatic heterocycles. The van der Waals surface area contributed by atoms with Gasteiger partial charge in [0, 0.05) is 37.1 Å². The second-order valence-corrected chi connectivity index (χ2v) is 4.47. The molecule has 3 heterocycles. The summed E-state index contributed by atoms with van der Waals surface area (Å²) in [6, 6.07) is 3.50. The van der Waals surface area contributed by atoms with Crippen LogP contribution in [0.15, 0.2) is 41.6 Å². The van der Waals surface area contributed by atoms with Gasteiger partial charge in [-0.15, -0.1) is 0 Å². The Bertz CT molecular complexity index is 649. The van der Waals surface area contributed by atoms with Crippen LogP contribution in [0.1, 0.15) is 29.0 Å². The lowest BCUT2D eigenvalue weighted by molar-refractivity contribution is 0.350. The van der Waals surface area contributed by atoms with Crippen LogP contribution < -0.4 is 5.73 Å². The van der Waals surface area contributed by atoms with Crippen molar-refractivity contribution in [2.45, 2.75) is 18.9 Å². The van der Waals surface area contributed by atoms with Gasteiger partial charge in [-0.05, 0) is 11.6 Å². The molecule has 7 nitrogen and oxygen atoms in total. The first-order chi connectivity index (χ1) is 9.81. The summed E-state index contributed by atoms with van der Waals surface area (Å²) in [5.74, 6) is 1.03. The number of H-pyrrole nitrogens is 1. The van der Waals surface area contributed by atoms with Crippen molar-refractivity contribution in [1.29, 1.82) is 0 Å². The molecule has 7 heteroatoms. The average Bonchev–Trinajstić information content (AvgIpc) is 3.11. The summed E-state index contributed by atoms with van der Waals surface area (Å²) in [5, 5.41) is 3.94. The molecule has 0 aliphatic rings. The third-order valence-electron chi connectivity index (χ3n) is 2.88. The van der Waals surface area contributed by atoms with Crippen LogP contribution in [0, 0.1) is 0 Å². The molecule has 0 aliphatic carbocycles. The predicted octanol–water partition coefficient (Wildman–Crippen LogP) is 1.02. The molecule has 0 amide bonds. The number of nitrogens with zero attached hydrogens (tertiary/aromatic N) is 4. The molecular formula is C13H14N6O. The monoisotopic (exact) mass is 270 g/mol. The van der Waals surface area contributed by atoms with Gasteiger partial charge in [-0.3, -0.25) is 4.98 Å². The first kappa shape index (κ1) is 12.5. The summed E-state index contributed by atoms with van der Waals surface area (Å²) in [5.41, 5.74) is 8.00. The number of pyridine rings is 1. The number of nitrogens with one attached hydrogen (secondary N) is 1. The average molecular weight is 270 g/mol. The molecular weight excluding hydrogens is 256 g/mol. The maximum absolute atomic E-state index is 6.04. The lowest BCUT2D eigenvalue weighted by Gasteiger charge is -2.03. The van der Waals surface area contributed by atoms with Crippen LogP contribution in [0.3, 0.4) is 0 Å². The van der Waals surface area contributed by atoms with Gasteiger partial charge in [-0.2, -0.15) is 4.98 Å². The third-order valence-corrected chi connectivity index (χ3v) is 2.88. The molecule has 20 heavy (non-hydrogen) atoms. The maximum atomic E-state index is 6.04. The van der Waals surface area contributed by atoms with Crippen molar-refractivity contribution in [3.63, 3.8) is 0 Å². The zero-order valence-electron chi connectivity index (χ0n) is 10.7. The number of aromatic nitrogens is 5. The molecule has 0 radical (unpaired) electrons. The predicted molar refractivity (Wildman–Crippen MR) is 70.6 cm³/mol. The van der Waals surface area contributed by atoms with E-state index in [-0.39, 0.29) is 6.04 Å². The SMILES string of the molecule is NC(Cc1cnc[nH]1)c1nc(Cc2cccnc2)no1. The summed E-state index contributed by atoms with van der Waals surface area (Å²) < 4.78 is 5.21. The summed E-state index contributed by atoms with van der Waals surface area (Å²) in [7, 11) is 0. The minimum atomic E-state index is -0.342. The van der Waals surface area contributed by atoms with Crippen LogP contribution in [0.2, 0.25) is 0 Å². The number of imidazole rings is 1. The van der Waals surface area contributed by atoms with Gasteiger partial charge in [0.2, 0.25) is 5.89 Å². The van der Waals surface area contributed by atoms with Crippen molar-refractivity contribution in [2.24, 2.45) is 5.73 Å². The van der Waals surface area contributed by atoms with E-state index in [1.807, 2.05) is 12.1 Å². The van der Waals surface area contributed by atoms with Crippen molar-refractivity contribution < 1.29 is 4.52 Å². The molecule has 0 spiro atoms. The number of hydrogen-bond acceptors (Lipinski definition) is 6. The van der Waals surface area contributed by atoms with E-state index in [1.54, 1.807) is 24.9 Å². The molecule has 0 saturated carbocycles. The molecule has 0 saturated heterocycles. The fourth-order valence-electron chi connectivity index (χ4n) is 1.90. The second kappa shape index (κ2) is 5.62. The Morgan fingerprint density at radius 2 is 2.25 bits per heavy atom. The van der Waals surface area contributed by atoms with Gasteiger partial charge in [0.25, 0.3) is 0 Å². The second-order valence-electron chi connectivity index (χ2n) is 4.47. The summed E-state index contributed by atoms with van der Waals surface area (Å²) >= 11 is 0. The van der Waals surface area contributed by atoms with E-state index in [0.29, 0.717) is 24.6 Å². The Hall–Kier alpha value is -2.54. The Kier molecular flexibility index (Phi) is 3.51. The minimum Gasteiger partial charge on any atom is -0.348 e. The standard InChI is InChI=1S/C13H14N6O/c14-11(5-10-7-16-8-17-10)13-18-12(19-20-13)4-9-2-1-3-15-6-9/h1-3,6-8,11H,4-5,14H2,(H,16,17). The highest BCUT2D eigenvalue weighted by atomic mass is 16.5. The highest BCUT2D eigenvalue weighted by molar-refractivity contribution is 5.14. The molecule has 3 N–H and O–H groups in total. The van der Waals surface area contributed by atoms with Crippen molar-refractivity contribution in [3.05, 3.63) is 60.0 Å². The highest BCUT2D eigenvalue weighted by Crippen LogP contribution is 2.14. The minimum absolute atomic E-state index is 0.342. The van der Waals surface area contributed by atoms with Gasteiger partial charge >= 0.3 is 0 Å². The van der Waals surface area contributed by atoms with Crippen LogP contribution >= 0.6 is 0 Å². The largest absolute Gasteiger partial charge is 0.348 e. The van der Waals surface area contributed by atoms with Gasteiger partial charge in [-0.25, -0.2) is 4.98 Å². The van der Waals surface area contributed by atoms with Gasteiger partial charge in [0.1, 0.15) is 0 Å². The molecule has 3 rings (SSSR count). The van der Waals surface area contributed by atoms with E-state index < -0.39 is 0 Å². The number of nitrogens with two attached hydrogens (primary N) is 1. The normalized spacial score (nSPS) is 12.4. The molecule has 1 unspecified atom stereocenters. The van der Waals surface area contributed by atoms with Gasteiger partial charge in [-0.1, -0.05) is 11.2 Å². The van der Waals surface area contributed by atoms with E-state index >= 15 is 0 Å². The molecule has 0 fully saturated rings. The Balaban J connectivity index is 1.67. The van der Waals surface area contributed by atoms with Crippen molar-refractivity contribution >= 4 is 0 Å². The van der Waals surface area contributed by atoms with E-state index in [0.717, 1.165) is 11.3 Å². The summed E-state index contributed by atoms with van der Waals surface area (Å²) in [6.07, 6.45) is 8.01. The Labute approximate surface area is 115 Å². The van der Waals surface area contributed by atoms with Crippen LogP contribution in [-0.4, -0.2) is 25.1 Å². The fourth-order valence-corrected chi connectivity index (χ4v) is 1.90. The zero-order chi connectivity index (χ0) is 13.8. The number of rotatable bonds is 5. The van der Waals surface area contributed by atoms with Gasteiger partial charge in [0.05, 0.1) is 12.4 Å². The molecule has 102 valence electrons. The summed E-state index contributed by atoms with van der Waals surface area (Å²) in [4.78, 5) is 15.3. The van der Waals surface area contributed by atoms with Crippen molar-refractivity contribution in [2.75, 3.05) is 0 Å². The van der Waals surface area contributed by atoms with Gasteiger partial charge in [0.15, 0.2) is 5.82 Å². The maximum Gasteiger partial charge on any atom is 0.243 e. The molecule has 3 aromatic rings. The van der Waals surface area contributed by atoms with E-state index in [2.05, 4.69) is 25.1 Å². The lowest BCUT2D eigenvalue weighted by Crippen LogP contribution is -2.14. The fraction of sp³-hybridized carbons (Fsp3) is 0.231. The first-order valence-corrected chi connectivity index (χ1v) is 6.25. The van der Waals surface area contributed by atoms with Crippen LogP contribution in [0.4, 0.5) is 0 Å². The van der Waals surface area contributed by atoms with E-state index in [9.17, 15) is 0 Å². The van der Waals surface area contributed by atoms with Crippen molar-refractivity contribution in [1.82, 2.24) is 25.1 Å². The highest BCUT2D eigenvalue weighted by Gasteiger charge is 2.16. The molecule has 3 aromatic heterocycles. The first-order valence-electron chi connectivity index (χ1n) is 6.25. The molecule has 1 atom stereocenters. The van der Waals surface area contributed by atoms with Crippen molar-refractivity contribution in [3.8, 4) is 0 Å². The Morgan fingerprint density at radius 1 is 1.30 bits per heavy atom. The number of aromatic amines is 1. The molecule has 0 aromatic carbocycles. The number of hydrogen-bond donors (Lipinski definition) is 2. The Morgan fingerprint density at radius 3 is 3.00 bits per heavy atom. The topological polar surface area (TPSA) is 107 Å². The third kappa shape index (κ3) is 2.89. The molecule has 0 bridgehead atoms. The smallest absolute Gasteiger partial charge is 0.243 e. The quantitative estimate of drug-likeness (QED) is 0.717. The lowest BCUT2D eigenvalue weighted by atomic mass is 10.2. The van der Waals surface area contributed by atoms with Crippen LogP contribution in [0.25, 0.3) is 0 Å².